The lowest BCUT2D eigenvalue weighted by Crippen LogP contribution is -2.14. The molecule has 3 aromatic rings. The molecule has 0 saturated carbocycles. The van der Waals surface area contributed by atoms with Gasteiger partial charge in [-0.2, -0.15) is 5.10 Å². The van der Waals surface area contributed by atoms with Crippen molar-refractivity contribution in [3.05, 3.63) is 60.6 Å². The molecule has 1 unspecified atom stereocenters. The van der Waals surface area contributed by atoms with E-state index in [1.54, 1.807) is 13.3 Å². The summed E-state index contributed by atoms with van der Waals surface area (Å²) < 4.78 is 18.8. The molecule has 1 atom stereocenters. The van der Waals surface area contributed by atoms with Gasteiger partial charge in [-0.05, 0) is 42.8 Å². The summed E-state index contributed by atoms with van der Waals surface area (Å²) >= 11 is 0. The summed E-state index contributed by atoms with van der Waals surface area (Å²) in [5.74, 6) is 1.37. The van der Waals surface area contributed by atoms with Crippen LogP contribution in [0.5, 0.6) is 11.5 Å². The van der Waals surface area contributed by atoms with Gasteiger partial charge in [-0.3, -0.25) is 9.67 Å². The van der Waals surface area contributed by atoms with Crippen LogP contribution in [0.4, 0.5) is 0 Å². The van der Waals surface area contributed by atoms with E-state index in [1.165, 1.54) is 0 Å². The molecule has 1 aliphatic heterocycles. The molecule has 134 valence electrons. The molecule has 0 N–H and O–H groups in total. The van der Waals surface area contributed by atoms with Crippen molar-refractivity contribution in [2.75, 3.05) is 13.7 Å². The third-order valence-corrected chi connectivity index (χ3v) is 4.30. The normalized spacial score (nSPS) is 16.6. The number of pyridine rings is 1. The SMILES string of the molecule is COc1ccc(-c2ccn(Cc3ccccn3)n2)cc1OC1CCCO1. The van der Waals surface area contributed by atoms with Crippen LogP contribution >= 0.6 is 0 Å². The highest BCUT2D eigenvalue weighted by molar-refractivity contribution is 5.63. The molecular weight excluding hydrogens is 330 g/mol. The number of benzene rings is 1. The quantitative estimate of drug-likeness (QED) is 0.680. The topological polar surface area (TPSA) is 58.4 Å². The number of rotatable bonds is 6. The number of aromatic nitrogens is 3. The second kappa shape index (κ2) is 7.58. The Morgan fingerprint density at radius 1 is 1.19 bits per heavy atom. The van der Waals surface area contributed by atoms with Gasteiger partial charge in [0, 0.05) is 24.4 Å². The Labute approximate surface area is 152 Å². The second-order valence-corrected chi connectivity index (χ2v) is 6.15. The monoisotopic (exact) mass is 351 g/mol. The van der Waals surface area contributed by atoms with Gasteiger partial charge in [-0.25, -0.2) is 0 Å². The predicted octanol–water partition coefficient (Wildman–Crippen LogP) is 3.52. The second-order valence-electron chi connectivity index (χ2n) is 6.15. The Bertz CT molecular complexity index is 858. The summed E-state index contributed by atoms with van der Waals surface area (Å²) in [4.78, 5) is 4.34. The van der Waals surface area contributed by atoms with Gasteiger partial charge in [-0.1, -0.05) is 6.07 Å². The average Bonchev–Trinajstić information content (AvgIpc) is 3.35. The molecule has 1 saturated heterocycles. The summed E-state index contributed by atoms with van der Waals surface area (Å²) in [5, 5.41) is 4.65. The zero-order valence-electron chi connectivity index (χ0n) is 14.7. The lowest BCUT2D eigenvalue weighted by molar-refractivity contribution is -0.0402. The van der Waals surface area contributed by atoms with Crippen LogP contribution < -0.4 is 9.47 Å². The number of hydrogen-bond donors (Lipinski definition) is 0. The maximum absolute atomic E-state index is 5.97. The molecule has 6 heteroatoms. The Kier molecular flexibility index (Phi) is 4.84. The summed E-state index contributed by atoms with van der Waals surface area (Å²) in [6.07, 6.45) is 5.45. The molecule has 1 aliphatic rings. The van der Waals surface area contributed by atoms with Crippen molar-refractivity contribution in [3.8, 4) is 22.8 Å². The molecular formula is C20H21N3O3. The Morgan fingerprint density at radius 3 is 2.92 bits per heavy atom. The maximum atomic E-state index is 5.97. The summed E-state index contributed by atoms with van der Waals surface area (Å²) in [7, 11) is 1.64. The van der Waals surface area contributed by atoms with Gasteiger partial charge in [0.05, 0.1) is 31.6 Å². The fourth-order valence-corrected chi connectivity index (χ4v) is 2.97. The molecule has 6 nitrogen and oxygen atoms in total. The van der Waals surface area contributed by atoms with E-state index in [-0.39, 0.29) is 6.29 Å². The van der Waals surface area contributed by atoms with E-state index in [2.05, 4.69) is 10.1 Å². The van der Waals surface area contributed by atoms with E-state index in [1.807, 2.05) is 53.3 Å². The molecule has 0 aliphatic carbocycles. The first-order valence-corrected chi connectivity index (χ1v) is 8.72. The van der Waals surface area contributed by atoms with E-state index in [0.29, 0.717) is 18.0 Å². The highest BCUT2D eigenvalue weighted by atomic mass is 16.7. The van der Waals surface area contributed by atoms with E-state index >= 15 is 0 Å². The predicted molar refractivity (Wildman–Crippen MR) is 97.2 cm³/mol. The number of methoxy groups -OCH3 is 1. The summed E-state index contributed by atoms with van der Waals surface area (Å²) in [5.41, 5.74) is 2.82. The van der Waals surface area contributed by atoms with Crippen LogP contribution in [0.1, 0.15) is 18.5 Å². The largest absolute Gasteiger partial charge is 0.493 e. The van der Waals surface area contributed by atoms with E-state index in [0.717, 1.165) is 36.4 Å². The molecule has 4 rings (SSSR count). The lowest BCUT2D eigenvalue weighted by atomic mass is 10.1. The molecule has 1 aromatic carbocycles. The van der Waals surface area contributed by atoms with Gasteiger partial charge < -0.3 is 14.2 Å². The van der Waals surface area contributed by atoms with Gasteiger partial charge in [0.1, 0.15) is 0 Å². The average molecular weight is 351 g/mol. The minimum absolute atomic E-state index is 0.208. The van der Waals surface area contributed by atoms with Crippen molar-refractivity contribution in [2.24, 2.45) is 0 Å². The first-order chi connectivity index (χ1) is 12.8. The smallest absolute Gasteiger partial charge is 0.200 e. The molecule has 26 heavy (non-hydrogen) atoms. The standard InChI is InChI=1S/C20H21N3O3/c1-24-18-8-7-15(13-19(18)26-20-6-4-12-25-20)17-9-11-23(22-17)14-16-5-2-3-10-21-16/h2-3,5,7-11,13,20H,4,6,12,14H2,1H3. The first-order valence-electron chi connectivity index (χ1n) is 8.72. The molecule has 0 spiro atoms. The van der Waals surface area contributed by atoms with E-state index in [9.17, 15) is 0 Å². The lowest BCUT2D eigenvalue weighted by Gasteiger charge is -2.16. The van der Waals surface area contributed by atoms with Crippen LogP contribution in [0.15, 0.2) is 54.9 Å². The van der Waals surface area contributed by atoms with Crippen molar-refractivity contribution in [1.29, 1.82) is 0 Å². The van der Waals surface area contributed by atoms with Crippen molar-refractivity contribution >= 4 is 0 Å². The van der Waals surface area contributed by atoms with Gasteiger partial charge in [0.25, 0.3) is 0 Å². The van der Waals surface area contributed by atoms with Crippen LogP contribution in [0.3, 0.4) is 0 Å². The van der Waals surface area contributed by atoms with Crippen molar-refractivity contribution < 1.29 is 14.2 Å². The van der Waals surface area contributed by atoms with E-state index in [4.69, 9.17) is 14.2 Å². The number of hydrogen-bond acceptors (Lipinski definition) is 5. The Hall–Kier alpha value is -2.86. The summed E-state index contributed by atoms with van der Waals surface area (Å²) in [6, 6.07) is 13.7. The van der Waals surface area contributed by atoms with Crippen LogP contribution in [-0.2, 0) is 11.3 Å². The third-order valence-electron chi connectivity index (χ3n) is 4.30. The molecule has 3 heterocycles. The third kappa shape index (κ3) is 3.70. The van der Waals surface area contributed by atoms with Gasteiger partial charge >= 0.3 is 0 Å². The molecule has 0 bridgehead atoms. The fraction of sp³-hybridized carbons (Fsp3) is 0.300. The van der Waals surface area contributed by atoms with Crippen LogP contribution in [0.2, 0.25) is 0 Å². The Balaban J connectivity index is 1.55. The van der Waals surface area contributed by atoms with E-state index < -0.39 is 0 Å². The highest BCUT2D eigenvalue weighted by Crippen LogP contribution is 2.34. The maximum Gasteiger partial charge on any atom is 0.200 e. The zero-order chi connectivity index (χ0) is 17.8. The minimum atomic E-state index is -0.208. The number of ether oxygens (including phenoxy) is 3. The minimum Gasteiger partial charge on any atom is -0.493 e. The molecule has 0 radical (unpaired) electrons. The molecule has 0 amide bonds. The van der Waals surface area contributed by atoms with Gasteiger partial charge in [0.2, 0.25) is 0 Å². The van der Waals surface area contributed by atoms with Crippen LogP contribution in [-0.4, -0.2) is 34.8 Å². The van der Waals surface area contributed by atoms with Crippen LogP contribution in [0, 0.1) is 0 Å². The van der Waals surface area contributed by atoms with Gasteiger partial charge in [-0.15, -0.1) is 0 Å². The van der Waals surface area contributed by atoms with Crippen LogP contribution in [0.25, 0.3) is 11.3 Å². The number of nitrogens with zero attached hydrogens (tertiary/aromatic N) is 3. The molecule has 2 aromatic heterocycles. The van der Waals surface area contributed by atoms with Crippen molar-refractivity contribution in [3.63, 3.8) is 0 Å². The molecule has 1 fully saturated rings. The zero-order valence-corrected chi connectivity index (χ0v) is 14.7. The van der Waals surface area contributed by atoms with Crippen molar-refractivity contribution in [1.82, 2.24) is 14.8 Å². The Morgan fingerprint density at radius 2 is 2.15 bits per heavy atom. The van der Waals surface area contributed by atoms with Gasteiger partial charge in [0.15, 0.2) is 17.8 Å². The fourth-order valence-electron chi connectivity index (χ4n) is 2.97. The van der Waals surface area contributed by atoms with Crippen molar-refractivity contribution in [2.45, 2.75) is 25.7 Å². The highest BCUT2D eigenvalue weighted by Gasteiger charge is 2.19. The first kappa shape index (κ1) is 16.6. The summed E-state index contributed by atoms with van der Waals surface area (Å²) in [6.45, 7) is 1.38.